The van der Waals surface area contributed by atoms with Crippen molar-refractivity contribution in [3.63, 3.8) is 0 Å². The molecule has 0 bridgehead atoms. The molecule has 0 unspecified atom stereocenters. The average Bonchev–Trinajstić information content (AvgIpc) is 2.98. The lowest BCUT2D eigenvalue weighted by Crippen LogP contribution is -2.10. The summed E-state index contributed by atoms with van der Waals surface area (Å²) in [5.41, 5.74) is 5.87. The summed E-state index contributed by atoms with van der Waals surface area (Å²) in [4.78, 5) is 2.25. The van der Waals surface area contributed by atoms with Gasteiger partial charge in [0.25, 0.3) is 0 Å². The first-order valence-electron chi connectivity index (χ1n) is 12.7. The van der Waals surface area contributed by atoms with Gasteiger partial charge in [-0.3, -0.25) is 0 Å². The second-order valence-electron chi connectivity index (χ2n) is 9.44. The largest absolute Gasteiger partial charge is 0.355 e. The standard InChI is InChI=1S/C35H23N3/c36-23-24-8-7-13-29(22-24)38(28-11-5-2-6-12-28)33-21-17-26-14-18-30-32(37-27-9-3-1-4-10-27)20-16-25-15-19-31(33)35(26)34(25)30/h1-22,37H. The van der Waals surface area contributed by atoms with E-state index in [0.29, 0.717) is 5.56 Å². The van der Waals surface area contributed by atoms with Gasteiger partial charge < -0.3 is 10.2 Å². The smallest absolute Gasteiger partial charge is 0.0992 e. The van der Waals surface area contributed by atoms with Crippen molar-refractivity contribution in [3.8, 4) is 6.07 Å². The minimum Gasteiger partial charge on any atom is -0.355 e. The number of nitrogens with one attached hydrogen (secondary N) is 1. The van der Waals surface area contributed by atoms with Crippen molar-refractivity contribution in [1.82, 2.24) is 0 Å². The zero-order valence-corrected chi connectivity index (χ0v) is 20.6. The predicted octanol–water partition coefficient (Wildman–Crippen LogP) is 9.67. The van der Waals surface area contributed by atoms with E-state index in [2.05, 4.69) is 95.1 Å². The summed E-state index contributed by atoms with van der Waals surface area (Å²) in [5, 5.41) is 20.5. The molecule has 7 aromatic carbocycles. The van der Waals surface area contributed by atoms with Crippen molar-refractivity contribution in [1.29, 1.82) is 5.26 Å². The number of nitriles is 1. The molecule has 38 heavy (non-hydrogen) atoms. The van der Waals surface area contributed by atoms with Gasteiger partial charge in [-0.15, -0.1) is 0 Å². The molecule has 0 aliphatic heterocycles. The number of hydrogen-bond acceptors (Lipinski definition) is 3. The van der Waals surface area contributed by atoms with Crippen LogP contribution in [-0.4, -0.2) is 0 Å². The first kappa shape index (κ1) is 21.9. The molecular formula is C35H23N3. The molecule has 3 nitrogen and oxygen atoms in total. The number of para-hydroxylation sites is 2. The molecule has 178 valence electrons. The molecule has 0 saturated carbocycles. The van der Waals surface area contributed by atoms with Crippen molar-refractivity contribution >= 4 is 60.8 Å². The molecule has 0 fully saturated rings. The van der Waals surface area contributed by atoms with Crippen LogP contribution >= 0.6 is 0 Å². The number of benzene rings is 7. The molecule has 0 radical (unpaired) electrons. The zero-order chi connectivity index (χ0) is 25.5. The number of hydrogen-bond donors (Lipinski definition) is 1. The maximum atomic E-state index is 9.60. The molecule has 0 aromatic heterocycles. The second-order valence-corrected chi connectivity index (χ2v) is 9.44. The minimum absolute atomic E-state index is 0.637. The van der Waals surface area contributed by atoms with E-state index in [1.54, 1.807) is 0 Å². The lowest BCUT2D eigenvalue weighted by molar-refractivity contribution is 1.29. The van der Waals surface area contributed by atoms with E-state index in [-0.39, 0.29) is 0 Å². The van der Waals surface area contributed by atoms with Gasteiger partial charge in [0, 0.05) is 33.5 Å². The van der Waals surface area contributed by atoms with E-state index < -0.39 is 0 Å². The first-order chi connectivity index (χ1) is 18.8. The topological polar surface area (TPSA) is 39.1 Å². The fraction of sp³-hybridized carbons (Fsp3) is 0. The van der Waals surface area contributed by atoms with Gasteiger partial charge in [-0.25, -0.2) is 0 Å². The van der Waals surface area contributed by atoms with Crippen molar-refractivity contribution < 1.29 is 0 Å². The van der Waals surface area contributed by atoms with Gasteiger partial charge in [-0.2, -0.15) is 5.26 Å². The summed E-state index contributed by atoms with van der Waals surface area (Å²) < 4.78 is 0. The second kappa shape index (κ2) is 8.96. The molecular weight excluding hydrogens is 462 g/mol. The summed E-state index contributed by atoms with van der Waals surface area (Å²) in [6, 6.07) is 48.4. The molecule has 0 aliphatic carbocycles. The summed E-state index contributed by atoms with van der Waals surface area (Å²) >= 11 is 0. The highest BCUT2D eigenvalue weighted by molar-refractivity contribution is 6.27. The molecule has 1 N–H and O–H groups in total. The van der Waals surface area contributed by atoms with Crippen molar-refractivity contribution in [2.75, 3.05) is 10.2 Å². The molecule has 0 saturated heterocycles. The van der Waals surface area contributed by atoms with E-state index in [0.717, 1.165) is 28.4 Å². The fourth-order valence-electron chi connectivity index (χ4n) is 5.49. The van der Waals surface area contributed by atoms with E-state index in [1.165, 1.54) is 32.3 Å². The summed E-state index contributed by atoms with van der Waals surface area (Å²) in [7, 11) is 0. The number of anilines is 5. The lowest BCUT2D eigenvalue weighted by Gasteiger charge is -2.28. The van der Waals surface area contributed by atoms with Crippen LogP contribution in [-0.2, 0) is 0 Å². The minimum atomic E-state index is 0.637. The first-order valence-corrected chi connectivity index (χ1v) is 12.7. The molecule has 0 spiro atoms. The molecule has 0 atom stereocenters. The van der Waals surface area contributed by atoms with Crippen LogP contribution in [0.25, 0.3) is 32.3 Å². The maximum Gasteiger partial charge on any atom is 0.0992 e. The predicted molar refractivity (Wildman–Crippen MR) is 159 cm³/mol. The molecule has 3 heteroatoms. The third-order valence-electron chi connectivity index (χ3n) is 7.18. The van der Waals surface area contributed by atoms with Crippen LogP contribution in [0.4, 0.5) is 28.4 Å². The van der Waals surface area contributed by atoms with Crippen LogP contribution in [0.2, 0.25) is 0 Å². The van der Waals surface area contributed by atoms with Crippen molar-refractivity contribution in [2.24, 2.45) is 0 Å². The van der Waals surface area contributed by atoms with Gasteiger partial charge in [-0.05, 0) is 76.1 Å². The van der Waals surface area contributed by atoms with E-state index >= 15 is 0 Å². The van der Waals surface area contributed by atoms with Gasteiger partial charge in [0.05, 0.1) is 17.3 Å². The Balaban J connectivity index is 1.50. The maximum absolute atomic E-state index is 9.60. The van der Waals surface area contributed by atoms with Crippen molar-refractivity contribution in [2.45, 2.75) is 0 Å². The van der Waals surface area contributed by atoms with Gasteiger partial charge in [0.2, 0.25) is 0 Å². The van der Waals surface area contributed by atoms with Crippen LogP contribution in [0.3, 0.4) is 0 Å². The van der Waals surface area contributed by atoms with Crippen LogP contribution in [0.15, 0.2) is 133 Å². The van der Waals surface area contributed by atoms with Crippen LogP contribution in [0, 0.1) is 11.3 Å². The Labute approximate surface area is 221 Å². The zero-order valence-electron chi connectivity index (χ0n) is 20.6. The molecule has 0 aliphatic rings. The highest BCUT2D eigenvalue weighted by atomic mass is 15.1. The SMILES string of the molecule is N#Cc1cccc(N(c2ccccc2)c2ccc3ccc4c(Nc5ccccc5)ccc5ccc2c3c54)c1. The van der Waals surface area contributed by atoms with Gasteiger partial charge in [0.15, 0.2) is 0 Å². The van der Waals surface area contributed by atoms with Crippen molar-refractivity contribution in [3.05, 3.63) is 139 Å². The van der Waals surface area contributed by atoms with Crippen LogP contribution < -0.4 is 10.2 Å². The van der Waals surface area contributed by atoms with Gasteiger partial charge in [0.1, 0.15) is 0 Å². The Morgan fingerprint density at radius 3 is 1.95 bits per heavy atom. The monoisotopic (exact) mass is 485 g/mol. The Hall–Kier alpha value is -5.33. The van der Waals surface area contributed by atoms with Crippen LogP contribution in [0.5, 0.6) is 0 Å². The van der Waals surface area contributed by atoms with Gasteiger partial charge >= 0.3 is 0 Å². The quantitative estimate of drug-likeness (QED) is 0.247. The molecule has 0 heterocycles. The Morgan fingerprint density at radius 1 is 0.553 bits per heavy atom. The van der Waals surface area contributed by atoms with Crippen LogP contribution in [0.1, 0.15) is 5.56 Å². The fourth-order valence-corrected chi connectivity index (χ4v) is 5.49. The summed E-state index contributed by atoms with van der Waals surface area (Å²) in [6.07, 6.45) is 0. The van der Waals surface area contributed by atoms with E-state index in [4.69, 9.17) is 0 Å². The lowest BCUT2D eigenvalue weighted by atomic mass is 9.92. The summed E-state index contributed by atoms with van der Waals surface area (Å²) in [6.45, 7) is 0. The molecule has 7 rings (SSSR count). The highest BCUT2D eigenvalue weighted by Crippen LogP contribution is 2.45. The number of rotatable bonds is 5. The third-order valence-corrected chi connectivity index (χ3v) is 7.18. The Morgan fingerprint density at radius 2 is 1.18 bits per heavy atom. The normalized spacial score (nSPS) is 11.1. The Bertz CT molecular complexity index is 1950. The highest BCUT2D eigenvalue weighted by Gasteiger charge is 2.19. The van der Waals surface area contributed by atoms with E-state index in [9.17, 15) is 5.26 Å². The van der Waals surface area contributed by atoms with Gasteiger partial charge in [-0.1, -0.05) is 78.9 Å². The average molecular weight is 486 g/mol. The van der Waals surface area contributed by atoms with E-state index in [1.807, 2.05) is 54.6 Å². The molecule has 0 amide bonds. The Kier molecular flexibility index (Phi) is 5.17. The summed E-state index contributed by atoms with van der Waals surface area (Å²) in [5.74, 6) is 0. The third kappa shape index (κ3) is 3.59. The molecule has 7 aromatic rings. The number of nitrogens with zero attached hydrogens (tertiary/aromatic N) is 2.